The summed E-state index contributed by atoms with van der Waals surface area (Å²) in [5, 5.41) is 0.918. The van der Waals surface area contributed by atoms with E-state index in [1.54, 1.807) is 66.7 Å². The summed E-state index contributed by atoms with van der Waals surface area (Å²) in [6.07, 6.45) is 1.57. The molecular weight excluding hydrogens is 491 g/mol. The molecule has 0 radical (unpaired) electrons. The number of rotatable bonds is 5. The average Bonchev–Trinajstić information content (AvgIpc) is 3.03. The molecule has 0 atom stereocenters. The van der Waals surface area contributed by atoms with Crippen LogP contribution in [0.25, 0.3) is 6.08 Å². The predicted octanol–water partition coefficient (Wildman–Crippen LogP) is 6.63. The van der Waals surface area contributed by atoms with Crippen molar-refractivity contribution in [3.05, 3.63) is 97.6 Å². The van der Waals surface area contributed by atoms with Gasteiger partial charge in [-0.2, -0.15) is 0 Å². The molecule has 0 N–H and O–H groups in total. The van der Waals surface area contributed by atoms with E-state index in [4.69, 9.17) is 32.7 Å². The van der Waals surface area contributed by atoms with Gasteiger partial charge in [-0.3, -0.25) is 9.59 Å². The highest BCUT2D eigenvalue weighted by atomic mass is 79.9. The van der Waals surface area contributed by atoms with E-state index in [0.717, 1.165) is 4.47 Å². The zero-order valence-electron chi connectivity index (χ0n) is 15.3. The molecule has 0 fully saturated rings. The van der Waals surface area contributed by atoms with Gasteiger partial charge in [0.15, 0.2) is 18.1 Å². The quantitative estimate of drug-likeness (QED) is 0.289. The standard InChI is InChI=1S/C23H13BrCl2O4/c24-15-4-1-13(2-5-15)20(27)12-29-17-7-8-18-21(11-17)30-22(23(18)28)9-14-3-6-16(25)10-19(14)26/h1-11H,12H2. The van der Waals surface area contributed by atoms with Crippen LogP contribution in [-0.4, -0.2) is 18.2 Å². The second kappa shape index (κ2) is 8.64. The number of hydrogen-bond acceptors (Lipinski definition) is 4. The van der Waals surface area contributed by atoms with Crippen molar-refractivity contribution in [2.45, 2.75) is 0 Å². The summed E-state index contributed by atoms with van der Waals surface area (Å²) < 4.78 is 12.2. The van der Waals surface area contributed by atoms with Crippen LogP contribution in [0.4, 0.5) is 0 Å². The van der Waals surface area contributed by atoms with E-state index < -0.39 is 0 Å². The van der Waals surface area contributed by atoms with Gasteiger partial charge in [0.05, 0.1) is 5.56 Å². The van der Waals surface area contributed by atoms with Crippen LogP contribution in [0.5, 0.6) is 11.5 Å². The van der Waals surface area contributed by atoms with Crippen LogP contribution in [0.1, 0.15) is 26.3 Å². The van der Waals surface area contributed by atoms with Crippen LogP contribution in [0.3, 0.4) is 0 Å². The number of benzene rings is 3. The summed E-state index contributed by atoms with van der Waals surface area (Å²) in [5.74, 6) is 0.534. The number of ether oxygens (including phenoxy) is 2. The first-order valence-corrected chi connectivity index (χ1v) is 10.4. The van der Waals surface area contributed by atoms with Gasteiger partial charge < -0.3 is 9.47 Å². The van der Waals surface area contributed by atoms with Crippen molar-refractivity contribution in [2.24, 2.45) is 0 Å². The number of hydrogen-bond donors (Lipinski definition) is 0. The minimum atomic E-state index is -0.256. The molecule has 3 aromatic carbocycles. The van der Waals surface area contributed by atoms with Crippen LogP contribution >= 0.6 is 39.1 Å². The lowest BCUT2D eigenvalue weighted by Gasteiger charge is -2.07. The molecule has 30 heavy (non-hydrogen) atoms. The first-order chi connectivity index (χ1) is 14.4. The van der Waals surface area contributed by atoms with Crippen molar-refractivity contribution in [1.29, 1.82) is 0 Å². The predicted molar refractivity (Wildman–Crippen MR) is 120 cm³/mol. The number of carbonyl (C=O) groups excluding carboxylic acids is 2. The van der Waals surface area contributed by atoms with Crippen molar-refractivity contribution in [3.63, 3.8) is 0 Å². The lowest BCUT2D eigenvalue weighted by Crippen LogP contribution is -2.11. The van der Waals surface area contributed by atoms with Gasteiger partial charge in [0.2, 0.25) is 5.78 Å². The Balaban J connectivity index is 1.48. The van der Waals surface area contributed by atoms with Gasteiger partial charge in [0.25, 0.3) is 0 Å². The van der Waals surface area contributed by atoms with Gasteiger partial charge in [-0.25, -0.2) is 0 Å². The van der Waals surface area contributed by atoms with Crippen molar-refractivity contribution < 1.29 is 19.1 Å². The minimum Gasteiger partial charge on any atom is -0.485 e. The number of ketones is 2. The van der Waals surface area contributed by atoms with Gasteiger partial charge in [0.1, 0.15) is 11.5 Å². The third-order valence-corrected chi connectivity index (χ3v) is 5.52. The van der Waals surface area contributed by atoms with E-state index in [1.807, 2.05) is 0 Å². The third-order valence-electron chi connectivity index (χ3n) is 4.43. The Bertz CT molecular complexity index is 1190. The molecule has 1 aliphatic rings. The van der Waals surface area contributed by atoms with Crippen LogP contribution in [0, 0.1) is 0 Å². The van der Waals surface area contributed by atoms with Crippen molar-refractivity contribution in [2.75, 3.05) is 6.61 Å². The number of Topliss-reactive ketones (excluding diaryl/α,β-unsaturated/α-hetero) is 2. The lowest BCUT2D eigenvalue weighted by atomic mass is 10.1. The topological polar surface area (TPSA) is 52.6 Å². The molecule has 4 rings (SSSR count). The van der Waals surface area contributed by atoms with Gasteiger partial charge in [-0.05, 0) is 48.0 Å². The summed E-state index contributed by atoms with van der Waals surface area (Å²) in [6.45, 7) is -0.128. The second-order valence-corrected chi connectivity index (χ2v) is 8.24. The Morgan fingerprint density at radius 1 is 1.03 bits per heavy atom. The fourth-order valence-corrected chi connectivity index (χ4v) is 3.61. The lowest BCUT2D eigenvalue weighted by molar-refractivity contribution is 0.0921. The van der Waals surface area contributed by atoms with Crippen molar-refractivity contribution in [3.8, 4) is 11.5 Å². The van der Waals surface area contributed by atoms with Gasteiger partial charge in [0, 0.05) is 26.1 Å². The van der Waals surface area contributed by atoms with Crippen molar-refractivity contribution >= 4 is 56.8 Å². The van der Waals surface area contributed by atoms with Crippen LogP contribution < -0.4 is 9.47 Å². The molecule has 0 amide bonds. The summed E-state index contributed by atoms with van der Waals surface area (Å²) in [7, 11) is 0. The number of carbonyl (C=O) groups is 2. The normalized spacial score (nSPS) is 13.8. The molecule has 1 aliphatic heterocycles. The number of allylic oxidation sites excluding steroid dienone is 1. The summed E-state index contributed by atoms with van der Waals surface area (Å²) in [4.78, 5) is 24.9. The number of fused-ring (bicyclic) bond motifs is 1. The van der Waals surface area contributed by atoms with Gasteiger partial charge in [-0.1, -0.05) is 57.3 Å². The van der Waals surface area contributed by atoms with Crippen LogP contribution in [-0.2, 0) is 0 Å². The van der Waals surface area contributed by atoms with Crippen molar-refractivity contribution in [1.82, 2.24) is 0 Å². The minimum absolute atomic E-state index is 0.128. The molecule has 0 saturated heterocycles. The van der Waals surface area contributed by atoms with E-state index in [1.165, 1.54) is 0 Å². The van der Waals surface area contributed by atoms with E-state index in [2.05, 4.69) is 15.9 Å². The van der Waals surface area contributed by atoms with E-state index in [9.17, 15) is 9.59 Å². The molecule has 0 spiro atoms. The maximum atomic E-state index is 12.6. The Morgan fingerprint density at radius 3 is 2.53 bits per heavy atom. The highest BCUT2D eigenvalue weighted by Crippen LogP contribution is 2.35. The zero-order chi connectivity index (χ0) is 21.3. The Labute approximate surface area is 191 Å². The molecule has 150 valence electrons. The Morgan fingerprint density at radius 2 is 1.80 bits per heavy atom. The molecule has 0 aromatic heterocycles. The molecule has 3 aromatic rings. The first-order valence-electron chi connectivity index (χ1n) is 8.85. The van der Waals surface area contributed by atoms with E-state index >= 15 is 0 Å². The van der Waals surface area contributed by atoms with E-state index in [0.29, 0.717) is 38.2 Å². The summed E-state index contributed by atoms with van der Waals surface area (Å²) in [5.41, 5.74) is 1.59. The molecule has 1 heterocycles. The fourth-order valence-electron chi connectivity index (χ4n) is 2.88. The first kappa shape index (κ1) is 20.7. The van der Waals surface area contributed by atoms with E-state index in [-0.39, 0.29) is 23.9 Å². The second-order valence-electron chi connectivity index (χ2n) is 6.48. The molecule has 0 bridgehead atoms. The number of halogens is 3. The maximum absolute atomic E-state index is 12.6. The molecule has 4 nitrogen and oxygen atoms in total. The highest BCUT2D eigenvalue weighted by molar-refractivity contribution is 9.10. The molecular formula is C23H13BrCl2O4. The smallest absolute Gasteiger partial charge is 0.231 e. The SMILES string of the molecule is O=C(COc1ccc2c(c1)OC(=Cc1ccc(Cl)cc1Cl)C2=O)c1ccc(Br)cc1. The highest BCUT2D eigenvalue weighted by Gasteiger charge is 2.28. The third kappa shape index (κ3) is 4.43. The molecule has 0 unspecified atom stereocenters. The molecule has 0 saturated carbocycles. The average molecular weight is 504 g/mol. The Kier molecular flexibility index (Phi) is 5.95. The van der Waals surface area contributed by atoms with Gasteiger partial charge >= 0.3 is 0 Å². The monoisotopic (exact) mass is 502 g/mol. The summed E-state index contributed by atoms with van der Waals surface area (Å²) in [6, 6.07) is 16.8. The van der Waals surface area contributed by atoms with Crippen LogP contribution in [0.15, 0.2) is 70.9 Å². The van der Waals surface area contributed by atoms with Crippen LogP contribution in [0.2, 0.25) is 10.0 Å². The Hall–Kier alpha value is -2.60. The maximum Gasteiger partial charge on any atom is 0.231 e. The largest absolute Gasteiger partial charge is 0.485 e. The fraction of sp³-hybridized carbons (Fsp3) is 0.0435. The summed E-state index contributed by atoms with van der Waals surface area (Å²) >= 11 is 15.4. The van der Waals surface area contributed by atoms with Gasteiger partial charge in [-0.15, -0.1) is 0 Å². The molecule has 0 aliphatic carbocycles. The molecule has 7 heteroatoms. The zero-order valence-corrected chi connectivity index (χ0v) is 18.4.